The molecule has 0 N–H and O–H groups in total. The van der Waals surface area contributed by atoms with Crippen LogP contribution in [0.4, 0.5) is 0 Å². The lowest BCUT2D eigenvalue weighted by Crippen LogP contribution is -1.97. The van der Waals surface area contributed by atoms with Crippen LogP contribution >= 0.6 is 63.0 Å². The fourth-order valence-corrected chi connectivity index (χ4v) is 2.51. The zero-order chi connectivity index (χ0) is 9.28. The van der Waals surface area contributed by atoms with E-state index in [4.69, 9.17) is 57.3 Å². The molecule has 68 valence electrons. The molecule has 0 unspecified atom stereocenters. The van der Waals surface area contributed by atoms with Crippen LogP contribution in [0.15, 0.2) is 4.74 Å². The van der Waals surface area contributed by atoms with E-state index in [0.717, 1.165) is 0 Å². The van der Waals surface area contributed by atoms with Gasteiger partial charge in [0.1, 0.15) is 0 Å². The van der Waals surface area contributed by atoms with Crippen molar-refractivity contribution in [2.45, 2.75) is 23.4 Å². The van der Waals surface area contributed by atoms with Crippen LogP contribution in [0.1, 0.15) is 13.8 Å². The Labute approximate surface area is 90.9 Å². The highest BCUT2D eigenvalue weighted by Crippen LogP contribution is 2.75. The first-order valence-corrected chi connectivity index (χ1v) is 7.43. The molecule has 0 atom stereocenters. The fourth-order valence-electron chi connectivity index (χ4n) is 0.356. The molecule has 0 saturated carbocycles. The minimum atomic E-state index is -2.82. The Morgan fingerprint density at radius 2 is 1.55 bits per heavy atom. The molecule has 0 aliphatic heterocycles. The molecular formula is C4H7Cl5NP. The first-order valence-electron chi connectivity index (χ1n) is 2.74. The van der Waals surface area contributed by atoms with Gasteiger partial charge in [-0.1, -0.05) is 57.3 Å². The molecule has 0 radical (unpaired) electrons. The normalized spacial score (nSPS) is 13.8. The maximum absolute atomic E-state index is 5.72. The second kappa shape index (κ2) is 4.26. The van der Waals surface area contributed by atoms with Crippen LogP contribution in [0.3, 0.4) is 0 Å². The minimum absolute atomic E-state index is 0.0334. The number of hydrogen-bond acceptors (Lipinski definition) is 1. The molecule has 1 nitrogen and oxygen atoms in total. The summed E-state index contributed by atoms with van der Waals surface area (Å²) in [5.41, 5.74) is 0. The van der Waals surface area contributed by atoms with E-state index in [0.29, 0.717) is 0 Å². The quantitative estimate of drug-likeness (QED) is 0.459. The molecule has 0 aromatic heterocycles. The molecule has 0 aliphatic carbocycles. The topological polar surface area (TPSA) is 12.4 Å². The van der Waals surface area contributed by atoms with Gasteiger partial charge in [0, 0.05) is 6.04 Å². The van der Waals surface area contributed by atoms with Crippen molar-refractivity contribution in [2.24, 2.45) is 4.74 Å². The minimum Gasteiger partial charge on any atom is -0.267 e. The van der Waals surface area contributed by atoms with Gasteiger partial charge in [-0.3, -0.25) is 4.74 Å². The van der Waals surface area contributed by atoms with E-state index in [2.05, 4.69) is 4.74 Å². The van der Waals surface area contributed by atoms with Crippen LogP contribution in [0, 0.1) is 0 Å². The SMILES string of the molecule is CC(C)N=P(Cl)(Cl)C(Cl)(Cl)Cl. The number of hydrogen-bond donors (Lipinski definition) is 0. The van der Waals surface area contributed by atoms with Crippen molar-refractivity contribution < 1.29 is 0 Å². The highest BCUT2D eigenvalue weighted by Gasteiger charge is 2.38. The first kappa shape index (κ1) is 12.7. The summed E-state index contributed by atoms with van der Waals surface area (Å²) in [5.74, 6) is -2.82. The van der Waals surface area contributed by atoms with Crippen LogP contribution in [-0.4, -0.2) is 9.58 Å². The maximum atomic E-state index is 5.72. The highest BCUT2D eigenvalue weighted by molar-refractivity contribution is 8.13. The van der Waals surface area contributed by atoms with Crippen molar-refractivity contribution in [3.05, 3.63) is 0 Å². The Kier molecular flexibility index (Phi) is 4.91. The second-order valence-electron chi connectivity index (χ2n) is 2.16. The van der Waals surface area contributed by atoms with Crippen LogP contribution in [0.25, 0.3) is 0 Å². The summed E-state index contributed by atoms with van der Waals surface area (Å²) in [5, 5.41) is 0. The van der Waals surface area contributed by atoms with Gasteiger partial charge in [-0.15, -0.1) is 0 Å². The van der Waals surface area contributed by atoms with Gasteiger partial charge in [0.05, 0.1) is 0 Å². The summed E-state index contributed by atoms with van der Waals surface area (Å²) in [4.78, 5) is 0. The summed E-state index contributed by atoms with van der Waals surface area (Å²) in [6.45, 7) is 3.63. The van der Waals surface area contributed by atoms with Gasteiger partial charge in [-0.05, 0) is 13.8 Å². The second-order valence-corrected chi connectivity index (χ2v) is 10.6. The lowest BCUT2D eigenvalue weighted by molar-refractivity contribution is 0.848. The summed E-state index contributed by atoms with van der Waals surface area (Å²) in [6, 6.07) is -0.0334. The summed E-state index contributed by atoms with van der Waals surface area (Å²) >= 11 is 27.9. The largest absolute Gasteiger partial charge is 0.267 e. The molecule has 0 aromatic rings. The van der Waals surface area contributed by atoms with Gasteiger partial charge >= 0.3 is 0 Å². The van der Waals surface area contributed by atoms with Crippen molar-refractivity contribution in [1.82, 2.24) is 0 Å². The van der Waals surface area contributed by atoms with E-state index in [-0.39, 0.29) is 6.04 Å². The zero-order valence-corrected chi connectivity index (χ0v) is 10.5. The molecule has 0 aliphatic rings. The van der Waals surface area contributed by atoms with E-state index in [9.17, 15) is 0 Å². The fraction of sp³-hybridized carbons (Fsp3) is 1.00. The highest BCUT2D eigenvalue weighted by atomic mass is 35.9. The molecule has 7 heteroatoms. The maximum Gasteiger partial charge on any atom is 0.250 e. The predicted octanol–water partition coefficient (Wildman–Crippen LogP) is 5.23. The summed E-state index contributed by atoms with van der Waals surface area (Å²) < 4.78 is 2.25. The molecule has 0 heterocycles. The standard InChI is InChI=1S/C4H7Cl5NP/c1-3(2)10-11(8,9)4(5,6)7/h3H,1-2H3. The number of halogens is 5. The van der Waals surface area contributed by atoms with Crippen molar-refractivity contribution in [3.63, 3.8) is 0 Å². The van der Waals surface area contributed by atoms with E-state index >= 15 is 0 Å². The average Bonchev–Trinajstić information content (AvgIpc) is 1.56. The average molecular weight is 277 g/mol. The van der Waals surface area contributed by atoms with Gasteiger partial charge in [0.25, 0.3) is 3.53 Å². The molecule has 0 aromatic carbocycles. The van der Waals surface area contributed by atoms with Gasteiger partial charge in [-0.2, -0.15) is 0 Å². The van der Waals surface area contributed by atoms with E-state index in [1.54, 1.807) is 0 Å². The van der Waals surface area contributed by atoms with E-state index in [1.165, 1.54) is 0 Å². The summed E-state index contributed by atoms with van der Waals surface area (Å²) in [6.07, 6.45) is 0. The number of nitrogens with zero attached hydrogens (tertiary/aromatic N) is 1. The van der Waals surface area contributed by atoms with Crippen molar-refractivity contribution >= 4 is 63.0 Å². The molecule has 0 bridgehead atoms. The van der Waals surface area contributed by atoms with Crippen LogP contribution in [0.2, 0.25) is 0 Å². The third-order valence-electron chi connectivity index (χ3n) is 0.681. The van der Waals surface area contributed by atoms with Crippen LogP contribution in [-0.2, 0) is 0 Å². The predicted molar refractivity (Wildman–Crippen MR) is 56.5 cm³/mol. The van der Waals surface area contributed by atoms with Crippen LogP contribution in [0.5, 0.6) is 0 Å². The Hall–Kier alpha value is 1.68. The van der Waals surface area contributed by atoms with E-state index < -0.39 is 9.29 Å². The zero-order valence-electron chi connectivity index (χ0n) is 5.86. The molecule has 0 rings (SSSR count). The third-order valence-corrected chi connectivity index (χ3v) is 7.85. The third kappa shape index (κ3) is 4.45. The molecule has 0 saturated heterocycles. The molecule has 0 amide bonds. The molecule has 11 heavy (non-hydrogen) atoms. The van der Waals surface area contributed by atoms with Crippen LogP contribution < -0.4 is 0 Å². The van der Waals surface area contributed by atoms with Crippen molar-refractivity contribution in [2.75, 3.05) is 0 Å². The molecular weight excluding hydrogens is 270 g/mol. The number of rotatable bonds is 1. The van der Waals surface area contributed by atoms with E-state index in [1.807, 2.05) is 13.8 Å². The Bertz CT molecular complexity index is 177. The lowest BCUT2D eigenvalue weighted by Gasteiger charge is -2.18. The Morgan fingerprint density at radius 1 is 1.18 bits per heavy atom. The molecule has 0 fully saturated rings. The van der Waals surface area contributed by atoms with Crippen molar-refractivity contribution in [1.29, 1.82) is 0 Å². The van der Waals surface area contributed by atoms with Crippen molar-refractivity contribution in [3.8, 4) is 0 Å². The Morgan fingerprint density at radius 3 is 1.64 bits per heavy atom. The number of alkyl halides is 3. The summed E-state index contributed by atoms with van der Waals surface area (Å²) in [7, 11) is 0. The van der Waals surface area contributed by atoms with Gasteiger partial charge in [-0.25, -0.2) is 0 Å². The first-order chi connectivity index (χ1) is 4.67. The van der Waals surface area contributed by atoms with Gasteiger partial charge < -0.3 is 0 Å². The smallest absolute Gasteiger partial charge is 0.250 e. The van der Waals surface area contributed by atoms with Gasteiger partial charge in [0.15, 0.2) is 5.76 Å². The molecule has 0 spiro atoms. The Balaban J connectivity index is 4.73. The monoisotopic (exact) mass is 275 g/mol. The lowest BCUT2D eigenvalue weighted by atomic mass is 10.4. The van der Waals surface area contributed by atoms with Gasteiger partial charge in [0.2, 0.25) is 0 Å².